The largest absolute Gasteiger partial charge is 0.377 e. The minimum absolute atomic E-state index is 0.0957. The van der Waals surface area contributed by atoms with Gasteiger partial charge < -0.3 is 15.2 Å². The van der Waals surface area contributed by atoms with Crippen LogP contribution in [0.15, 0.2) is 18.2 Å². The van der Waals surface area contributed by atoms with Crippen molar-refractivity contribution in [2.75, 3.05) is 19.8 Å². The van der Waals surface area contributed by atoms with Crippen LogP contribution in [0.1, 0.15) is 30.9 Å². The maximum absolute atomic E-state index is 13.5. The monoisotopic (exact) mass is 271 g/mol. The molecule has 1 heterocycles. The molecule has 0 spiro atoms. The van der Waals surface area contributed by atoms with Crippen LogP contribution in [0.2, 0.25) is 0 Å². The van der Waals surface area contributed by atoms with Gasteiger partial charge in [-0.2, -0.15) is 0 Å². The summed E-state index contributed by atoms with van der Waals surface area (Å²) in [5.74, 6) is -1.78. The Kier molecular flexibility index (Phi) is 5.24. The highest BCUT2D eigenvalue weighted by molar-refractivity contribution is 5.22. The Balaban J connectivity index is 1.80. The zero-order chi connectivity index (χ0) is 13.7. The first-order valence-corrected chi connectivity index (χ1v) is 6.57. The lowest BCUT2D eigenvalue weighted by molar-refractivity contribution is -0.0429. The molecule has 2 atom stereocenters. The van der Waals surface area contributed by atoms with E-state index in [1.165, 1.54) is 12.1 Å². The average Bonchev–Trinajstić information content (AvgIpc) is 2.43. The summed E-state index contributed by atoms with van der Waals surface area (Å²) in [5.41, 5.74) is 5.95. The molecular formula is C14H19F2NO2. The third-order valence-electron chi connectivity index (χ3n) is 3.26. The quantitative estimate of drug-likeness (QED) is 0.895. The zero-order valence-electron chi connectivity index (χ0n) is 10.8. The van der Waals surface area contributed by atoms with Crippen molar-refractivity contribution in [3.63, 3.8) is 0 Å². The van der Waals surface area contributed by atoms with Crippen molar-refractivity contribution < 1.29 is 18.3 Å². The van der Waals surface area contributed by atoms with Gasteiger partial charge in [0.25, 0.3) is 0 Å². The highest BCUT2D eigenvalue weighted by atomic mass is 19.2. The van der Waals surface area contributed by atoms with Crippen molar-refractivity contribution in [3.05, 3.63) is 35.4 Å². The Bertz CT molecular complexity index is 408. The van der Waals surface area contributed by atoms with Crippen LogP contribution in [0.5, 0.6) is 0 Å². The van der Waals surface area contributed by atoms with Gasteiger partial charge in [-0.15, -0.1) is 0 Å². The predicted octanol–water partition coefficient (Wildman–Crippen LogP) is 2.55. The van der Waals surface area contributed by atoms with Crippen molar-refractivity contribution in [1.29, 1.82) is 0 Å². The molecule has 0 bridgehead atoms. The molecule has 106 valence electrons. The number of nitrogens with two attached hydrogens (primary N) is 1. The van der Waals surface area contributed by atoms with Gasteiger partial charge in [0.05, 0.1) is 25.4 Å². The van der Waals surface area contributed by atoms with E-state index < -0.39 is 17.7 Å². The third-order valence-corrected chi connectivity index (χ3v) is 3.26. The third kappa shape index (κ3) is 3.96. The molecule has 2 rings (SSSR count). The molecule has 0 aromatic heterocycles. The molecule has 0 saturated carbocycles. The molecule has 1 fully saturated rings. The summed E-state index contributed by atoms with van der Waals surface area (Å²) >= 11 is 0. The van der Waals surface area contributed by atoms with Crippen LogP contribution in [0.4, 0.5) is 8.78 Å². The SMILES string of the molecule is NC(COCC1CCCCO1)c1cccc(F)c1F. The lowest BCUT2D eigenvalue weighted by Crippen LogP contribution is -2.27. The Morgan fingerprint density at radius 1 is 1.37 bits per heavy atom. The maximum atomic E-state index is 13.5. The molecular weight excluding hydrogens is 252 g/mol. The second kappa shape index (κ2) is 6.93. The van der Waals surface area contributed by atoms with Gasteiger partial charge in [0.1, 0.15) is 0 Å². The van der Waals surface area contributed by atoms with E-state index in [0.717, 1.165) is 31.9 Å². The standard InChI is InChI=1S/C14H19F2NO2/c15-12-6-3-5-11(14(12)16)13(17)9-18-8-10-4-1-2-7-19-10/h3,5-6,10,13H,1-2,4,7-9,17H2. The van der Waals surface area contributed by atoms with E-state index in [2.05, 4.69) is 0 Å². The smallest absolute Gasteiger partial charge is 0.163 e. The molecule has 0 radical (unpaired) electrons. The molecule has 3 nitrogen and oxygen atoms in total. The van der Waals surface area contributed by atoms with Crippen molar-refractivity contribution in [2.24, 2.45) is 5.73 Å². The first kappa shape index (κ1) is 14.4. The van der Waals surface area contributed by atoms with E-state index in [4.69, 9.17) is 15.2 Å². The Morgan fingerprint density at radius 3 is 2.95 bits per heavy atom. The second-order valence-electron chi connectivity index (χ2n) is 4.78. The summed E-state index contributed by atoms with van der Waals surface area (Å²) in [7, 11) is 0. The number of hydrogen-bond donors (Lipinski definition) is 1. The molecule has 1 aliphatic rings. The summed E-state index contributed by atoms with van der Waals surface area (Å²) in [6.45, 7) is 1.36. The van der Waals surface area contributed by atoms with Gasteiger partial charge in [0, 0.05) is 12.2 Å². The van der Waals surface area contributed by atoms with E-state index in [0.29, 0.717) is 6.61 Å². The van der Waals surface area contributed by atoms with Crippen LogP contribution < -0.4 is 5.73 Å². The fourth-order valence-electron chi connectivity index (χ4n) is 2.16. The fourth-order valence-corrected chi connectivity index (χ4v) is 2.16. The van der Waals surface area contributed by atoms with Gasteiger partial charge in [-0.05, 0) is 25.3 Å². The number of hydrogen-bond acceptors (Lipinski definition) is 3. The molecule has 1 aromatic rings. The number of ether oxygens (including phenoxy) is 2. The highest BCUT2D eigenvalue weighted by Crippen LogP contribution is 2.18. The van der Waals surface area contributed by atoms with Gasteiger partial charge in [-0.25, -0.2) is 8.78 Å². The van der Waals surface area contributed by atoms with Gasteiger partial charge in [0.15, 0.2) is 11.6 Å². The minimum Gasteiger partial charge on any atom is -0.377 e. The van der Waals surface area contributed by atoms with Crippen molar-refractivity contribution in [1.82, 2.24) is 0 Å². The topological polar surface area (TPSA) is 44.5 Å². The second-order valence-corrected chi connectivity index (χ2v) is 4.78. The van der Waals surface area contributed by atoms with Crippen molar-refractivity contribution in [3.8, 4) is 0 Å². The van der Waals surface area contributed by atoms with E-state index >= 15 is 0 Å². The zero-order valence-corrected chi connectivity index (χ0v) is 10.8. The van der Waals surface area contributed by atoms with Gasteiger partial charge in [-0.3, -0.25) is 0 Å². The van der Waals surface area contributed by atoms with Crippen LogP contribution in [-0.2, 0) is 9.47 Å². The molecule has 0 amide bonds. The molecule has 19 heavy (non-hydrogen) atoms. The molecule has 2 unspecified atom stereocenters. The predicted molar refractivity (Wildman–Crippen MR) is 67.7 cm³/mol. The fraction of sp³-hybridized carbons (Fsp3) is 0.571. The van der Waals surface area contributed by atoms with Crippen LogP contribution in [-0.4, -0.2) is 25.9 Å². The van der Waals surface area contributed by atoms with Crippen LogP contribution in [0.3, 0.4) is 0 Å². The van der Waals surface area contributed by atoms with E-state index in [1.54, 1.807) is 0 Å². The number of halogens is 2. The summed E-state index contributed by atoms with van der Waals surface area (Å²) < 4.78 is 37.5. The summed E-state index contributed by atoms with van der Waals surface area (Å²) in [6.07, 6.45) is 3.30. The lowest BCUT2D eigenvalue weighted by atomic mass is 10.1. The summed E-state index contributed by atoms with van der Waals surface area (Å²) in [4.78, 5) is 0. The molecule has 0 aliphatic carbocycles. The lowest BCUT2D eigenvalue weighted by Gasteiger charge is -2.23. The molecule has 2 N–H and O–H groups in total. The average molecular weight is 271 g/mol. The Morgan fingerprint density at radius 2 is 2.21 bits per heavy atom. The van der Waals surface area contributed by atoms with Gasteiger partial charge in [0.2, 0.25) is 0 Å². The van der Waals surface area contributed by atoms with E-state index in [9.17, 15) is 8.78 Å². The molecule has 1 saturated heterocycles. The van der Waals surface area contributed by atoms with E-state index in [1.807, 2.05) is 0 Å². The van der Waals surface area contributed by atoms with Crippen molar-refractivity contribution >= 4 is 0 Å². The van der Waals surface area contributed by atoms with Crippen LogP contribution >= 0.6 is 0 Å². The first-order chi connectivity index (χ1) is 9.18. The first-order valence-electron chi connectivity index (χ1n) is 6.57. The molecule has 1 aromatic carbocycles. The molecule has 5 heteroatoms. The maximum Gasteiger partial charge on any atom is 0.163 e. The minimum atomic E-state index is -0.896. The van der Waals surface area contributed by atoms with Gasteiger partial charge in [-0.1, -0.05) is 12.1 Å². The van der Waals surface area contributed by atoms with Crippen LogP contribution in [0, 0.1) is 11.6 Å². The normalized spacial score (nSPS) is 21.3. The Hall–Kier alpha value is -1.04. The van der Waals surface area contributed by atoms with E-state index in [-0.39, 0.29) is 18.3 Å². The van der Waals surface area contributed by atoms with Gasteiger partial charge >= 0.3 is 0 Å². The summed E-state index contributed by atoms with van der Waals surface area (Å²) in [6, 6.07) is 3.32. The number of benzene rings is 1. The Labute approximate surface area is 111 Å². The summed E-state index contributed by atoms with van der Waals surface area (Å²) in [5, 5.41) is 0. The van der Waals surface area contributed by atoms with Crippen molar-refractivity contribution in [2.45, 2.75) is 31.4 Å². The molecule has 1 aliphatic heterocycles. The highest BCUT2D eigenvalue weighted by Gasteiger charge is 2.17. The van der Waals surface area contributed by atoms with Crippen LogP contribution in [0.25, 0.3) is 0 Å². The number of rotatable bonds is 5.